The summed E-state index contributed by atoms with van der Waals surface area (Å²) in [6, 6.07) is 21.8. The lowest BCUT2D eigenvalue weighted by Gasteiger charge is -2.10. The lowest BCUT2D eigenvalue weighted by Crippen LogP contribution is -2.01. The molecule has 0 spiro atoms. The van der Waals surface area contributed by atoms with Crippen molar-refractivity contribution in [1.82, 2.24) is 15.0 Å². The molecule has 0 aliphatic heterocycles. The number of fused-ring (bicyclic) bond motifs is 1. The molecule has 2 heterocycles. The van der Waals surface area contributed by atoms with Crippen LogP contribution in [0.1, 0.15) is 0 Å². The van der Waals surface area contributed by atoms with E-state index in [1.807, 2.05) is 72.9 Å². The van der Waals surface area contributed by atoms with Gasteiger partial charge >= 0.3 is 0 Å². The lowest BCUT2D eigenvalue weighted by atomic mass is 10.3. The maximum atomic E-state index is 4.60. The molecule has 2 aromatic heterocycles. The molecule has 4 rings (SSSR count). The summed E-state index contributed by atoms with van der Waals surface area (Å²) in [5.41, 5.74) is 3.67. The molecule has 0 bridgehead atoms. The second kappa shape index (κ2) is 5.81. The van der Waals surface area contributed by atoms with Gasteiger partial charge in [-0.3, -0.25) is 0 Å². The van der Waals surface area contributed by atoms with E-state index in [9.17, 15) is 0 Å². The van der Waals surface area contributed by atoms with Crippen LogP contribution in [0.25, 0.3) is 11.0 Å². The van der Waals surface area contributed by atoms with Gasteiger partial charge in [-0.1, -0.05) is 36.4 Å². The van der Waals surface area contributed by atoms with Gasteiger partial charge in [0.2, 0.25) is 5.95 Å². The van der Waals surface area contributed by atoms with Crippen molar-refractivity contribution in [3.63, 3.8) is 0 Å². The maximum Gasteiger partial charge on any atom is 0.229 e. The number of nitrogens with one attached hydrogen (secondary N) is 3. The minimum absolute atomic E-state index is 0.557. The molecule has 0 saturated carbocycles. The highest BCUT2D eigenvalue weighted by molar-refractivity contribution is 5.89. The Bertz CT molecular complexity index is 916. The molecule has 0 aliphatic carbocycles. The minimum Gasteiger partial charge on any atom is -0.357 e. The molecule has 2 aromatic carbocycles. The van der Waals surface area contributed by atoms with Crippen LogP contribution in [-0.2, 0) is 0 Å². The summed E-state index contributed by atoms with van der Waals surface area (Å²) >= 11 is 0. The molecule has 5 heteroatoms. The molecular weight excluding hydrogens is 286 g/mol. The fourth-order valence-electron chi connectivity index (χ4n) is 2.40. The van der Waals surface area contributed by atoms with Crippen LogP contribution in [0.2, 0.25) is 0 Å². The SMILES string of the molecule is c1ccc(Nc2nc(Nc3ccccc3)c3[nH]ccc3n2)cc1. The Hall–Kier alpha value is -3.34. The van der Waals surface area contributed by atoms with Gasteiger partial charge in [-0.05, 0) is 30.3 Å². The highest BCUT2D eigenvalue weighted by Gasteiger charge is 2.09. The van der Waals surface area contributed by atoms with Crippen molar-refractivity contribution >= 4 is 34.2 Å². The number of H-pyrrole nitrogens is 1. The summed E-state index contributed by atoms with van der Waals surface area (Å²) in [5.74, 6) is 1.30. The summed E-state index contributed by atoms with van der Waals surface area (Å²) in [5, 5.41) is 6.57. The largest absolute Gasteiger partial charge is 0.357 e. The second-order valence-electron chi connectivity index (χ2n) is 5.12. The molecule has 0 amide bonds. The number of anilines is 4. The molecule has 0 fully saturated rings. The highest BCUT2D eigenvalue weighted by Crippen LogP contribution is 2.25. The zero-order chi connectivity index (χ0) is 15.5. The maximum absolute atomic E-state index is 4.60. The molecule has 0 unspecified atom stereocenters. The summed E-state index contributed by atoms with van der Waals surface area (Å²) in [6.07, 6.45) is 1.86. The van der Waals surface area contributed by atoms with Crippen molar-refractivity contribution in [2.75, 3.05) is 10.6 Å². The van der Waals surface area contributed by atoms with Gasteiger partial charge in [-0.2, -0.15) is 4.98 Å². The molecule has 3 N–H and O–H groups in total. The van der Waals surface area contributed by atoms with Crippen LogP contribution in [0.4, 0.5) is 23.1 Å². The second-order valence-corrected chi connectivity index (χ2v) is 5.12. The molecule has 112 valence electrons. The summed E-state index contributed by atoms with van der Waals surface area (Å²) < 4.78 is 0. The van der Waals surface area contributed by atoms with Crippen LogP contribution in [-0.4, -0.2) is 15.0 Å². The zero-order valence-electron chi connectivity index (χ0n) is 12.3. The van der Waals surface area contributed by atoms with E-state index in [0.717, 1.165) is 28.2 Å². The molecule has 0 atom stereocenters. The van der Waals surface area contributed by atoms with E-state index in [-0.39, 0.29) is 0 Å². The standard InChI is InChI=1S/C18H15N5/c1-3-7-13(8-4-1)20-17-16-15(11-12-19-16)22-18(23-17)21-14-9-5-2-6-10-14/h1-12,19H,(H2,20,21,22,23). The fraction of sp³-hybridized carbons (Fsp3) is 0. The fourth-order valence-corrected chi connectivity index (χ4v) is 2.40. The van der Waals surface area contributed by atoms with Gasteiger partial charge in [0.1, 0.15) is 5.52 Å². The number of benzene rings is 2. The average Bonchev–Trinajstić information content (AvgIpc) is 3.05. The van der Waals surface area contributed by atoms with Crippen LogP contribution >= 0.6 is 0 Å². The number of para-hydroxylation sites is 2. The van der Waals surface area contributed by atoms with Crippen LogP contribution in [0.15, 0.2) is 72.9 Å². The molecule has 5 nitrogen and oxygen atoms in total. The van der Waals surface area contributed by atoms with E-state index in [1.54, 1.807) is 0 Å². The van der Waals surface area contributed by atoms with Gasteiger partial charge in [0, 0.05) is 17.6 Å². The Morgan fingerprint density at radius 3 is 2.04 bits per heavy atom. The van der Waals surface area contributed by atoms with E-state index in [1.165, 1.54) is 0 Å². The zero-order valence-corrected chi connectivity index (χ0v) is 12.3. The van der Waals surface area contributed by atoms with Crippen molar-refractivity contribution < 1.29 is 0 Å². The third-order valence-corrected chi connectivity index (χ3v) is 3.47. The Kier molecular flexibility index (Phi) is 3.37. The van der Waals surface area contributed by atoms with Gasteiger partial charge < -0.3 is 15.6 Å². The third-order valence-electron chi connectivity index (χ3n) is 3.47. The molecule has 0 aliphatic rings. The number of aromatic nitrogens is 3. The number of hydrogen-bond acceptors (Lipinski definition) is 4. The van der Waals surface area contributed by atoms with Crippen molar-refractivity contribution in [3.05, 3.63) is 72.9 Å². The average molecular weight is 301 g/mol. The van der Waals surface area contributed by atoms with E-state index >= 15 is 0 Å². The normalized spacial score (nSPS) is 10.6. The summed E-state index contributed by atoms with van der Waals surface area (Å²) in [4.78, 5) is 12.3. The van der Waals surface area contributed by atoms with Crippen LogP contribution in [0.3, 0.4) is 0 Å². The number of aromatic amines is 1. The third kappa shape index (κ3) is 2.85. The van der Waals surface area contributed by atoms with Crippen molar-refractivity contribution in [2.45, 2.75) is 0 Å². The Labute approximate surface area is 133 Å². The first kappa shape index (κ1) is 13.3. The van der Waals surface area contributed by atoms with Gasteiger partial charge in [-0.25, -0.2) is 4.98 Å². The van der Waals surface area contributed by atoms with Crippen molar-refractivity contribution in [1.29, 1.82) is 0 Å². The first-order valence-electron chi connectivity index (χ1n) is 7.38. The van der Waals surface area contributed by atoms with Crippen molar-refractivity contribution in [2.24, 2.45) is 0 Å². The van der Waals surface area contributed by atoms with Crippen LogP contribution < -0.4 is 10.6 Å². The van der Waals surface area contributed by atoms with E-state index < -0.39 is 0 Å². The Balaban J connectivity index is 1.72. The molecule has 4 aromatic rings. The smallest absolute Gasteiger partial charge is 0.229 e. The van der Waals surface area contributed by atoms with Gasteiger partial charge in [-0.15, -0.1) is 0 Å². The quantitative estimate of drug-likeness (QED) is 0.521. The van der Waals surface area contributed by atoms with Gasteiger partial charge in [0.15, 0.2) is 5.82 Å². The van der Waals surface area contributed by atoms with E-state index in [2.05, 4.69) is 25.6 Å². The van der Waals surface area contributed by atoms with Crippen molar-refractivity contribution in [3.8, 4) is 0 Å². The van der Waals surface area contributed by atoms with E-state index in [0.29, 0.717) is 5.95 Å². The van der Waals surface area contributed by atoms with Crippen LogP contribution in [0.5, 0.6) is 0 Å². The molecule has 0 saturated heterocycles. The first-order valence-corrected chi connectivity index (χ1v) is 7.38. The van der Waals surface area contributed by atoms with Crippen LogP contribution in [0, 0.1) is 0 Å². The summed E-state index contributed by atoms with van der Waals surface area (Å²) in [6.45, 7) is 0. The van der Waals surface area contributed by atoms with Gasteiger partial charge in [0.25, 0.3) is 0 Å². The summed E-state index contributed by atoms with van der Waals surface area (Å²) in [7, 11) is 0. The predicted molar refractivity (Wildman–Crippen MR) is 93.3 cm³/mol. The first-order chi connectivity index (χ1) is 11.4. The number of rotatable bonds is 4. The highest BCUT2D eigenvalue weighted by atomic mass is 15.2. The predicted octanol–water partition coefficient (Wildman–Crippen LogP) is 4.45. The Morgan fingerprint density at radius 2 is 1.35 bits per heavy atom. The monoisotopic (exact) mass is 301 g/mol. The Morgan fingerprint density at radius 1 is 0.696 bits per heavy atom. The number of nitrogens with zero attached hydrogens (tertiary/aromatic N) is 2. The number of hydrogen-bond donors (Lipinski definition) is 3. The van der Waals surface area contributed by atoms with E-state index in [4.69, 9.17) is 0 Å². The topological polar surface area (TPSA) is 65.6 Å². The minimum atomic E-state index is 0.557. The lowest BCUT2D eigenvalue weighted by molar-refractivity contribution is 1.21. The molecular formula is C18H15N5. The molecule has 0 radical (unpaired) electrons. The van der Waals surface area contributed by atoms with Gasteiger partial charge in [0.05, 0.1) is 5.52 Å². The molecule has 23 heavy (non-hydrogen) atoms.